The van der Waals surface area contributed by atoms with Gasteiger partial charge in [-0.05, 0) is 18.9 Å². The molecular formula is C18H34. The van der Waals surface area contributed by atoms with Gasteiger partial charge in [-0.15, -0.1) is 5.73 Å². The molecule has 0 heteroatoms. The van der Waals surface area contributed by atoms with Crippen molar-refractivity contribution in [1.82, 2.24) is 0 Å². The molecule has 0 heterocycles. The van der Waals surface area contributed by atoms with E-state index in [-0.39, 0.29) is 0 Å². The molecule has 0 aromatic heterocycles. The van der Waals surface area contributed by atoms with E-state index in [0.717, 1.165) is 0 Å². The van der Waals surface area contributed by atoms with E-state index in [2.05, 4.69) is 25.3 Å². The third-order valence-electron chi connectivity index (χ3n) is 3.60. The molecule has 0 atom stereocenters. The Hall–Kier alpha value is -0.480. The first-order valence-corrected chi connectivity index (χ1v) is 8.26. The van der Waals surface area contributed by atoms with Crippen molar-refractivity contribution in [3.8, 4) is 0 Å². The van der Waals surface area contributed by atoms with E-state index >= 15 is 0 Å². The Kier molecular flexibility index (Phi) is 16.1. The second-order valence-corrected chi connectivity index (χ2v) is 5.44. The topological polar surface area (TPSA) is 0 Å². The van der Waals surface area contributed by atoms with E-state index in [9.17, 15) is 0 Å². The van der Waals surface area contributed by atoms with Gasteiger partial charge < -0.3 is 0 Å². The minimum Gasteiger partial charge on any atom is -0.133 e. The summed E-state index contributed by atoms with van der Waals surface area (Å²) in [5.41, 5.74) is 2.84. The van der Waals surface area contributed by atoms with Gasteiger partial charge >= 0.3 is 0 Å². The fourth-order valence-electron chi connectivity index (χ4n) is 2.37. The standard InChI is InChI=1S/C18H34/c1-3-5-7-9-11-13-15-17-18-16-14-12-10-8-6-4-2/h5H,1,4,6-18H2,2H3. The number of rotatable bonds is 14. The van der Waals surface area contributed by atoms with Crippen molar-refractivity contribution in [2.45, 2.75) is 96.8 Å². The number of hydrogen-bond donors (Lipinski definition) is 0. The smallest absolute Gasteiger partial charge is 0.0275 e. The lowest BCUT2D eigenvalue weighted by molar-refractivity contribution is 0.540. The highest BCUT2D eigenvalue weighted by Crippen LogP contribution is 2.12. The van der Waals surface area contributed by atoms with Crippen molar-refractivity contribution in [2.75, 3.05) is 0 Å². The van der Waals surface area contributed by atoms with Crippen LogP contribution in [0.5, 0.6) is 0 Å². The molecule has 0 bridgehead atoms. The summed E-state index contributed by atoms with van der Waals surface area (Å²) in [7, 11) is 0. The SMILES string of the molecule is C=C=CCCCCCCCCCCCCCCC. The molecule has 0 amide bonds. The highest BCUT2D eigenvalue weighted by molar-refractivity contribution is 4.74. The third-order valence-corrected chi connectivity index (χ3v) is 3.60. The summed E-state index contributed by atoms with van der Waals surface area (Å²) in [5, 5.41) is 0. The van der Waals surface area contributed by atoms with E-state index in [1.54, 1.807) is 0 Å². The monoisotopic (exact) mass is 250 g/mol. The lowest BCUT2D eigenvalue weighted by Crippen LogP contribution is -1.82. The molecule has 18 heavy (non-hydrogen) atoms. The lowest BCUT2D eigenvalue weighted by Gasteiger charge is -2.02. The van der Waals surface area contributed by atoms with Gasteiger partial charge in [0.05, 0.1) is 0 Å². The van der Waals surface area contributed by atoms with Gasteiger partial charge in [0.2, 0.25) is 0 Å². The molecule has 106 valence electrons. The fourth-order valence-corrected chi connectivity index (χ4v) is 2.37. The van der Waals surface area contributed by atoms with Crippen molar-refractivity contribution < 1.29 is 0 Å². The molecule has 0 aliphatic rings. The molecule has 0 saturated carbocycles. The number of allylic oxidation sites excluding steroid dienone is 1. The van der Waals surface area contributed by atoms with E-state index in [1.165, 1.54) is 89.9 Å². The summed E-state index contributed by atoms with van der Waals surface area (Å²) in [6.07, 6.45) is 21.8. The van der Waals surface area contributed by atoms with Gasteiger partial charge in [0.25, 0.3) is 0 Å². The Balaban J connectivity index is 2.92. The zero-order valence-corrected chi connectivity index (χ0v) is 12.7. The van der Waals surface area contributed by atoms with Crippen LogP contribution in [-0.4, -0.2) is 0 Å². The first-order chi connectivity index (χ1) is 8.91. The van der Waals surface area contributed by atoms with Gasteiger partial charge in [0.1, 0.15) is 0 Å². The second-order valence-electron chi connectivity index (χ2n) is 5.44. The number of unbranched alkanes of at least 4 members (excludes halogenated alkanes) is 13. The summed E-state index contributed by atoms with van der Waals surface area (Å²) >= 11 is 0. The first kappa shape index (κ1) is 17.5. The Morgan fingerprint density at radius 2 is 1.06 bits per heavy atom. The zero-order chi connectivity index (χ0) is 13.3. The molecule has 0 rings (SSSR count). The van der Waals surface area contributed by atoms with Crippen LogP contribution in [0.3, 0.4) is 0 Å². The van der Waals surface area contributed by atoms with Gasteiger partial charge in [-0.1, -0.05) is 90.6 Å². The summed E-state index contributed by atoms with van der Waals surface area (Å²) in [6, 6.07) is 0. The fraction of sp³-hybridized carbons (Fsp3) is 0.833. The molecule has 0 fully saturated rings. The summed E-state index contributed by atoms with van der Waals surface area (Å²) < 4.78 is 0. The normalized spacial score (nSPS) is 10.3. The minimum atomic E-state index is 1.17. The Morgan fingerprint density at radius 1 is 0.667 bits per heavy atom. The lowest BCUT2D eigenvalue weighted by atomic mass is 10.0. The van der Waals surface area contributed by atoms with Crippen LogP contribution in [0.2, 0.25) is 0 Å². The van der Waals surface area contributed by atoms with E-state index in [4.69, 9.17) is 0 Å². The van der Waals surface area contributed by atoms with E-state index in [1.807, 2.05) is 0 Å². The van der Waals surface area contributed by atoms with Crippen LogP contribution in [0.1, 0.15) is 96.8 Å². The summed E-state index contributed by atoms with van der Waals surface area (Å²) in [5.74, 6) is 0. The number of hydrogen-bond acceptors (Lipinski definition) is 0. The van der Waals surface area contributed by atoms with Crippen LogP contribution in [0, 0.1) is 0 Å². The predicted octanol–water partition coefficient (Wildman–Crippen LogP) is 6.81. The zero-order valence-electron chi connectivity index (χ0n) is 12.7. The van der Waals surface area contributed by atoms with Gasteiger partial charge in [0, 0.05) is 0 Å². The second kappa shape index (κ2) is 16.5. The van der Waals surface area contributed by atoms with E-state index < -0.39 is 0 Å². The highest BCUT2D eigenvalue weighted by atomic mass is 14.0. The maximum atomic E-state index is 3.58. The van der Waals surface area contributed by atoms with Crippen LogP contribution >= 0.6 is 0 Å². The maximum absolute atomic E-state index is 3.58. The molecule has 0 aliphatic carbocycles. The Morgan fingerprint density at radius 3 is 1.44 bits per heavy atom. The molecule has 0 aromatic carbocycles. The van der Waals surface area contributed by atoms with Crippen molar-refractivity contribution >= 4 is 0 Å². The molecule has 0 unspecified atom stereocenters. The van der Waals surface area contributed by atoms with Gasteiger partial charge in [-0.3, -0.25) is 0 Å². The molecule has 0 aliphatic heterocycles. The average Bonchev–Trinajstić information content (AvgIpc) is 2.39. The summed E-state index contributed by atoms with van der Waals surface area (Å²) in [4.78, 5) is 0. The minimum absolute atomic E-state index is 1.17. The molecule has 0 N–H and O–H groups in total. The highest BCUT2D eigenvalue weighted by Gasteiger charge is 1.93. The van der Waals surface area contributed by atoms with Crippen molar-refractivity contribution in [1.29, 1.82) is 0 Å². The van der Waals surface area contributed by atoms with Crippen LogP contribution in [0.4, 0.5) is 0 Å². The van der Waals surface area contributed by atoms with Crippen LogP contribution in [-0.2, 0) is 0 Å². The van der Waals surface area contributed by atoms with E-state index in [0.29, 0.717) is 0 Å². The van der Waals surface area contributed by atoms with Crippen molar-refractivity contribution in [3.05, 3.63) is 18.4 Å². The van der Waals surface area contributed by atoms with Crippen LogP contribution in [0.25, 0.3) is 0 Å². The average molecular weight is 250 g/mol. The molecule has 0 nitrogen and oxygen atoms in total. The molecule has 0 aromatic rings. The van der Waals surface area contributed by atoms with Crippen LogP contribution in [0.15, 0.2) is 18.4 Å². The molecule has 0 radical (unpaired) electrons. The maximum Gasteiger partial charge on any atom is -0.0275 e. The summed E-state index contributed by atoms with van der Waals surface area (Å²) in [6.45, 7) is 5.86. The molecule has 0 spiro atoms. The predicted molar refractivity (Wildman–Crippen MR) is 84.0 cm³/mol. The third kappa shape index (κ3) is 15.5. The first-order valence-electron chi connectivity index (χ1n) is 8.26. The van der Waals surface area contributed by atoms with Crippen LogP contribution < -0.4 is 0 Å². The largest absolute Gasteiger partial charge is 0.133 e. The Labute approximate surface area is 116 Å². The molecule has 0 saturated heterocycles. The van der Waals surface area contributed by atoms with Crippen molar-refractivity contribution in [3.63, 3.8) is 0 Å². The molecular weight excluding hydrogens is 216 g/mol. The quantitative estimate of drug-likeness (QED) is 0.235. The van der Waals surface area contributed by atoms with Gasteiger partial charge in [0.15, 0.2) is 0 Å². The van der Waals surface area contributed by atoms with Gasteiger partial charge in [-0.2, -0.15) is 0 Å². The van der Waals surface area contributed by atoms with Crippen molar-refractivity contribution in [2.24, 2.45) is 0 Å². The Bertz CT molecular complexity index is 186. The van der Waals surface area contributed by atoms with Gasteiger partial charge in [-0.25, -0.2) is 0 Å².